The van der Waals surface area contributed by atoms with Crippen LogP contribution in [0, 0.1) is 15.9 Å². The molecule has 2 rings (SSSR count). The summed E-state index contributed by atoms with van der Waals surface area (Å²) in [5, 5.41) is 20.1. The molecule has 1 N–H and O–H groups in total. The molecule has 1 aliphatic rings. The fourth-order valence-corrected chi connectivity index (χ4v) is 2.67. The molecule has 0 aromatic heterocycles. The van der Waals surface area contributed by atoms with Crippen molar-refractivity contribution in [2.24, 2.45) is 0 Å². The molecule has 1 saturated carbocycles. The SMILES string of the molecule is O=[N+]([O-])c1cc(Br)c(F)cc1N(CCCO)C1CCC1. The molecule has 5 nitrogen and oxygen atoms in total. The van der Waals surface area contributed by atoms with E-state index in [1.54, 1.807) is 0 Å². The van der Waals surface area contributed by atoms with Crippen LogP contribution >= 0.6 is 15.9 Å². The van der Waals surface area contributed by atoms with E-state index >= 15 is 0 Å². The normalized spacial score (nSPS) is 14.9. The zero-order chi connectivity index (χ0) is 14.7. The van der Waals surface area contributed by atoms with Gasteiger partial charge in [-0.25, -0.2) is 4.39 Å². The summed E-state index contributed by atoms with van der Waals surface area (Å²) in [4.78, 5) is 12.5. The van der Waals surface area contributed by atoms with Crippen molar-refractivity contribution >= 4 is 27.3 Å². The Labute approximate surface area is 124 Å². The quantitative estimate of drug-likeness (QED) is 0.634. The number of hydrogen-bond donors (Lipinski definition) is 1. The molecule has 0 aliphatic heterocycles. The van der Waals surface area contributed by atoms with Gasteiger partial charge in [0.25, 0.3) is 5.69 Å². The molecule has 1 aliphatic carbocycles. The third kappa shape index (κ3) is 3.09. The van der Waals surface area contributed by atoms with Gasteiger partial charge in [0.1, 0.15) is 11.5 Å². The summed E-state index contributed by atoms with van der Waals surface area (Å²) in [5.41, 5.74) is 0.192. The predicted octanol–water partition coefficient (Wildman–Crippen LogP) is 3.24. The van der Waals surface area contributed by atoms with Crippen molar-refractivity contribution < 1.29 is 14.4 Å². The summed E-state index contributed by atoms with van der Waals surface area (Å²) in [6.07, 6.45) is 3.47. The van der Waals surface area contributed by atoms with Crippen LogP contribution in [0.1, 0.15) is 25.7 Å². The third-order valence-electron chi connectivity index (χ3n) is 3.60. The van der Waals surface area contributed by atoms with Crippen molar-refractivity contribution in [2.75, 3.05) is 18.1 Å². The summed E-state index contributed by atoms with van der Waals surface area (Å²) < 4.78 is 13.8. The molecule has 20 heavy (non-hydrogen) atoms. The van der Waals surface area contributed by atoms with Gasteiger partial charge in [-0.05, 0) is 41.6 Å². The van der Waals surface area contributed by atoms with Gasteiger partial charge in [-0.2, -0.15) is 0 Å². The van der Waals surface area contributed by atoms with E-state index in [0.29, 0.717) is 18.7 Å². The summed E-state index contributed by atoms with van der Waals surface area (Å²) in [5.74, 6) is -0.515. The average Bonchev–Trinajstić information content (AvgIpc) is 2.34. The molecule has 0 bridgehead atoms. The number of anilines is 1. The van der Waals surface area contributed by atoms with Crippen molar-refractivity contribution in [3.05, 3.63) is 32.5 Å². The van der Waals surface area contributed by atoms with Crippen molar-refractivity contribution in [1.29, 1.82) is 0 Å². The summed E-state index contributed by atoms with van der Waals surface area (Å²) in [6, 6.07) is 2.61. The van der Waals surface area contributed by atoms with Crippen LogP contribution in [-0.4, -0.2) is 29.2 Å². The summed E-state index contributed by atoms with van der Waals surface area (Å²) in [7, 11) is 0. The third-order valence-corrected chi connectivity index (χ3v) is 4.20. The van der Waals surface area contributed by atoms with Crippen molar-refractivity contribution in [2.45, 2.75) is 31.7 Å². The number of nitro groups is 1. The van der Waals surface area contributed by atoms with Crippen LogP contribution in [0.4, 0.5) is 15.8 Å². The lowest BCUT2D eigenvalue weighted by Gasteiger charge is -2.39. The van der Waals surface area contributed by atoms with Gasteiger partial charge in [0.2, 0.25) is 0 Å². The summed E-state index contributed by atoms with van der Waals surface area (Å²) >= 11 is 2.98. The predicted molar refractivity (Wildman–Crippen MR) is 77.4 cm³/mol. The topological polar surface area (TPSA) is 66.6 Å². The van der Waals surface area contributed by atoms with Crippen molar-refractivity contribution in [1.82, 2.24) is 0 Å². The van der Waals surface area contributed by atoms with Gasteiger partial charge in [0, 0.05) is 31.3 Å². The van der Waals surface area contributed by atoms with Gasteiger partial charge in [-0.3, -0.25) is 10.1 Å². The van der Waals surface area contributed by atoms with E-state index in [2.05, 4.69) is 15.9 Å². The van der Waals surface area contributed by atoms with Crippen LogP contribution in [0.15, 0.2) is 16.6 Å². The molecule has 0 saturated heterocycles. The van der Waals surface area contributed by atoms with E-state index in [1.165, 1.54) is 12.1 Å². The van der Waals surface area contributed by atoms with Gasteiger partial charge in [-0.15, -0.1) is 0 Å². The van der Waals surface area contributed by atoms with E-state index in [-0.39, 0.29) is 22.8 Å². The van der Waals surface area contributed by atoms with Gasteiger partial charge in [0.05, 0.1) is 9.40 Å². The first-order valence-electron chi connectivity index (χ1n) is 6.55. The zero-order valence-corrected chi connectivity index (χ0v) is 12.5. The van der Waals surface area contributed by atoms with Crippen LogP contribution < -0.4 is 4.90 Å². The first-order valence-corrected chi connectivity index (χ1v) is 7.35. The lowest BCUT2D eigenvalue weighted by Crippen LogP contribution is -2.41. The fraction of sp³-hybridized carbons (Fsp3) is 0.538. The molecule has 0 spiro atoms. The molecule has 7 heteroatoms. The minimum Gasteiger partial charge on any atom is -0.396 e. The number of benzene rings is 1. The molecule has 0 atom stereocenters. The number of hydrogen-bond acceptors (Lipinski definition) is 4. The van der Waals surface area contributed by atoms with E-state index in [0.717, 1.165) is 19.3 Å². The monoisotopic (exact) mass is 346 g/mol. The van der Waals surface area contributed by atoms with Crippen LogP contribution in [0.25, 0.3) is 0 Å². The smallest absolute Gasteiger partial charge is 0.293 e. The van der Waals surface area contributed by atoms with Crippen LogP contribution in [0.5, 0.6) is 0 Å². The lowest BCUT2D eigenvalue weighted by molar-refractivity contribution is -0.384. The average molecular weight is 347 g/mol. The first kappa shape index (κ1) is 15.2. The molecular formula is C13H16BrFN2O3. The molecule has 0 unspecified atom stereocenters. The maximum absolute atomic E-state index is 13.7. The largest absolute Gasteiger partial charge is 0.396 e. The Morgan fingerprint density at radius 2 is 2.20 bits per heavy atom. The second-order valence-corrected chi connectivity index (χ2v) is 5.72. The highest BCUT2D eigenvalue weighted by Gasteiger charge is 2.30. The Morgan fingerprint density at radius 3 is 2.70 bits per heavy atom. The van der Waals surface area contributed by atoms with Gasteiger partial charge < -0.3 is 10.0 Å². The second kappa shape index (κ2) is 6.49. The Kier molecular flexibility index (Phi) is 4.93. The molecule has 0 heterocycles. The number of nitrogens with zero attached hydrogens (tertiary/aromatic N) is 2. The maximum atomic E-state index is 13.7. The molecule has 1 aromatic carbocycles. The standard InChI is InChI=1S/C13H16BrFN2O3/c14-10-7-13(17(19)20)12(8-11(10)15)16(5-2-6-18)9-3-1-4-9/h7-9,18H,1-6H2. The Morgan fingerprint density at radius 1 is 1.50 bits per heavy atom. The van der Waals surface area contributed by atoms with Crippen LogP contribution in [0.2, 0.25) is 0 Å². The zero-order valence-electron chi connectivity index (χ0n) is 10.9. The minimum atomic E-state index is -0.515. The number of aliphatic hydroxyl groups is 1. The number of aliphatic hydroxyl groups excluding tert-OH is 1. The molecule has 110 valence electrons. The van der Waals surface area contributed by atoms with E-state index in [4.69, 9.17) is 5.11 Å². The second-order valence-electron chi connectivity index (χ2n) is 4.87. The van der Waals surface area contributed by atoms with Crippen molar-refractivity contribution in [3.8, 4) is 0 Å². The van der Waals surface area contributed by atoms with Crippen LogP contribution in [-0.2, 0) is 0 Å². The number of halogens is 2. The van der Waals surface area contributed by atoms with Gasteiger partial charge in [-0.1, -0.05) is 0 Å². The lowest BCUT2D eigenvalue weighted by atomic mass is 9.90. The van der Waals surface area contributed by atoms with E-state index < -0.39 is 10.7 Å². The Hall–Kier alpha value is -1.21. The molecule has 1 fully saturated rings. The molecule has 0 radical (unpaired) electrons. The Balaban J connectivity index is 2.39. The van der Waals surface area contributed by atoms with Gasteiger partial charge in [0.15, 0.2) is 0 Å². The highest BCUT2D eigenvalue weighted by Crippen LogP contribution is 2.38. The number of nitro benzene ring substituents is 1. The fourth-order valence-electron chi connectivity index (χ4n) is 2.34. The molecule has 0 amide bonds. The van der Waals surface area contributed by atoms with E-state index in [9.17, 15) is 14.5 Å². The van der Waals surface area contributed by atoms with Gasteiger partial charge >= 0.3 is 0 Å². The first-order chi connectivity index (χ1) is 9.54. The van der Waals surface area contributed by atoms with E-state index in [1.807, 2.05) is 4.90 Å². The molecular weight excluding hydrogens is 331 g/mol. The number of rotatable bonds is 6. The Bertz CT molecular complexity index is 509. The maximum Gasteiger partial charge on any atom is 0.293 e. The summed E-state index contributed by atoms with van der Waals surface area (Å²) in [6.45, 7) is 0.499. The highest BCUT2D eigenvalue weighted by molar-refractivity contribution is 9.10. The molecule has 1 aromatic rings. The van der Waals surface area contributed by atoms with Crippen molar-refractivity contribution in [3.63, 3.8) is 0 Å². The highest BCUT2D eigenvalue weighted by atomic mass is 79.9. The minimum absolute atomic E-state index is 0.00995. The van der Waals surface area contributed by atoms with Crippen LogP contribution in [0.3, 0.4) is 0 Å².